The molecular weight excluding hydrogens is 230 g/mol. The maximum Gasteiger partial charge on any atom is 0.0482 e. The molecule has 0 aliphatic heterocycles. The first kappa shape index (κ1) is 14.5. The summed E-state index contributed by atoms with van der Waals surface area (Å²) < 4.78 is 0. The number of aryl methyl sites for hydroxylation is 1. The second-order valence-electron chi connectivity index (χ2n) is 4.74. The molecule has 1 unspecified atom stereocenters. The minimum Gasteiger partial charge on any atom is -0.313 e. The van der Waals surface area contributed by atoms with Crippen LogP contribution < -0.4 is 5.32 Å². The van der Waals surface area contributed by atoms with E-state index in [1.807, 2.05) is 7.05 Å². The first-order valence-electron chi connectivity index (χ1n) is 6.56. The van der Waals surface area contributed by atoms with E-state index in [9.17, 15) is 0 Å². The summed E-state index contributed by atoms with van der Waals surface area (Å²) in [6, 6.07) is 6.66. The van der Waals surface area contributed by atoms with Crippen molar-refractivity contribution in [3.05, 3.63) is 34.3 Å². The van der Waals surface area contributed by atoms with Crippen LogP contribution in [0.5, 0.6) is 0 Å². The fourth-order valence-corrected chi connectivity index (χ4v) is 2.55. The summed E-state index contributed by atoms with van der Waals surface area (Å²) >= 11 is 6.40. The first-order valence-corrected chi connectivity index (χ1v) is 6.94. The smallest absolute Gasteiger partial charge is 0.0482 e. The molecule has 17 heavy (non-hydrogen) atoms. The number of rotatable bonds is 6. The Labute approximate surface area is 111 Å². The van der Waals surface area contributed by atoms with Gasteiger partial charge in [0.1, 0.15) is 0 Å². The molecule has 0 aliphatic rings. The average molecular weight is 254 g/mol. The van der Waals surface area contributed by atoms with Crippen LogP contribution in [0.15, 0.2) is 18.2 Å². The van der Waals surface area contributed by atoms with Crippen LogP contribution in [-0.4, -0.2) is 7.05 Å². The zero-order valence-corrected chi connectivity index (χ0v) is 12.1. The van der Waals surface area contributed by atoms with Gasteiger partial charge in [0.05, 0.1) is 0 Å². The van der Waals surface area contributed by atoms with Crippen LogP contribution in [0.3, 0.4) is 0 Å². The van der Waals surface area contributed by atoms with Gasteiger partial charge < -0.3 is 5.32 Å². The lowest BCUT2D eigenvalue weighted by Crippen LogP contribution is -2.20. The molecule has 0 saturated heterocycles. The Hall–Kier alpha value is -0.530. The second-order valence-corrected chi connectivity index (χ2v) is 5.12. The highest BCUT2D eigenvalue weighted by molar-refractivity contribution is 6.32. The van der Waals surface area contributed by atoms with Gasteiger partial charge in [-0.3, -0.25) is 0 Å². The lowest BCUT2D eigenvalue weighted by Gasteiger charge is -2.23. The van der Waals surface area contributed by atoms with E-state index < -0.39 is 0 Å². The van der Waals surface area contributed by atoms with Crippen LogP contribution in [0.25, 0.3) is 0 Å². The highest BCUT2D eigenvalue weighted by atomic mass is 35.5. The molecule has 1 rings (SSSR count). The largest absolute Gasteiger partial charge is 0.313 e. The van der Waals surface area contributed by atoms with E-state index in [-0.39, 0.29) is 0 Å². The van der Waals surface area contributed by atoms with Crippen LogP contribution >= 0.6 is 11.6 Å². The fraction of sp³-hybridized carbons (Fsp3) is 0.600. The predicted octanol–water partition coefficient (Wildman–Crippen LogP) is 4.74. The van der Waals surface area contributed by atoms with Crippen LogP contribution in [0.2, 0.25) is 5.02 Å². The third kappa shape index (κ3) is 3.72. The monoisotopic (exact) mass is 253 g/mol. The minimum atomic E-state index is 0.368. The Morgan fingerprint density at radius 1 is 1.24 bits per heavy atom. The molecule has 0 amide bonds. The Balaban J connectivity index is 2.89. The normalized spacial score (nSPS) is 13.1. The third-order valence-corrected chi connectivity index (χ3v) is 4.19. The number of hydrogen-bond donors (Lipinski definition) is 1. The van der Waals surface area contributed by atoms with Crippen LogP contribution in [0.1, 0.15) is 50.3 Å². The summed E-state index contributed by atoms with van der Waals surface area (Å²) in [7, 11) is 2.02. The SMILES string of the molecule is CCC(CC)CC(NC)c1cccc(C)c1Cl. The van der Waals surface area contributed by atoms with Gasteiger partial charge in [0, 0.05) is 11.1 Å². The molecule has 1 aromatic carbocycles. The zero-order valence-electron chi connectivity index (χ0n) is 11.4. The van der Waals surface area contributed by atoms with Crippen LogP contribution in [0.4, 0.5) is 0 Å². The molecule has 2 heteroatoms. The summed E-state index contributed by atoms with van der Waals surface area (Å²) in [5, 5.41) is 4.32. The van der Waals surface area contributed by atoms with E-state index in [4.69, 9.17) is 11.6 Å². The predicted molar refractivity (Wildman–Crippen MR) is 76.7 cm³/mol. The molecule has 0 aromatic heterocycles. The summed E-state index contributed by atoms with van der Waals surface area (Å²) in [6.07, 6.45) is 3.63. The number of benzene rings is 1. The highest BCUT2D eigenvalue weighted by Crippen LogP contribution is 2.31. The van der Waals surface area contributed by atoms with E-state index in [2.05, 4.69) is 44.3 Å². The topological polar surface area (TPSA) is 12.0 Å². The first-order chi connectivity index (χ1) is 8.13. The van der Waals surface area contributed by atoms with Gasteiger partial charge in [0.15, 0.2) is 0 Å². The second kappa shape index (κ2) is 7.03. The van der Waals surface area contributed by atoms with Crippen molar-refractivity contribution >= 4 is 11.6 Å². The Kier molecular flexibility index (Phi) is 6.01. The van der Waals surface area contributed by atoms with Gasteiger partial charge in [-0.2, -0.15) is 0 Å². The highest BCUT2D eigenvalue weighted by Gasteiger charge is 2.17. The molecule has 0 spiro atoms. The number of nitrogens with one attached hydrogen (secondary N) is 1. The minimum absolute atomic E-state index is 0.368. The van der Waals surface area contributed by atoms with Gasteiger partial charge in [0.25, 0.3) is 0 Å². The molecule has 0 bridgehead atoms. The van der Waals surface area contributed by atoms with Crippen LogP contribution in [0, 0.1) is 12.8 Å². The molecule has 1 N–H and O–H groups in total. The van der Waals surface area contributed by atoms with E-state index in [1.165, 1.54) is 18.4 Å². The van der Waals surface area contributed by atoms with Crippen molar-refractivity contribution in [1.82, 2.24) is 5.32 Å². The van der Waals surface area contributed by atoms with Crippen molar-refractivity contribution in [2.24, 2.45) is 5.92 Å². The molecule has 0 radical (unpaired) electrons. The van der Waals surface area contributed by atoms with Gasteiger partial charge in [-0.1, -0.05) is 56.5 Å². The number of hydrogen-bond acceptors (Lipinski definition) is 1. The quantitative estimate of drug-likeness (QED) is 0.773. The van der Waals surface area contributed by atoms with Crippen LogP contribution in [-0.2, 0) is 0 Å². The Morgan fingerprint density at radius 3 is 2.41 bits per heavy atom. The molecule has 96 valence electrons. The number of halogens is 1. The average Bonchev–Trinajstić information content (AvgIpc) is 2.35. The Morgan fingerprint density at radius 2 is 1.88 bits per heavy atom. The molecule has 0 heterocycles. The maximum absolute atomic E-state index is 6.40. The van der Waals surface area contributed by atoms with E-state index in [0.717, 1.165) is 22.9 Å². The van der Waals surface area contributed by atoms with Gasteiger partial charge in [-0.05, 0) is 37.4 Å². The van der Waals surface area contributed by atoms with Gasteiger partial charge in [-0.25, -0.2) is 0 Å². The van der Waals surface area contributed by atoms with Gasteiger partial charge in [-0.15, -0.1) is 0 Å². The van der Waals surface area contributed by atoms with Gasteiger partial charge >= 0.3 is 0 Å². The zero-order chi connectivity index (χ0) is 12.8. The van der Waals surface area contributed by atoms with Crippen molar-refractivity contribution in [2.75, 3.05) is 7.05 Å². The third-order valence-electron chi connectivity index (χ3n) is 3.67. The summed E-state index contributed by atoms with van der Waals surface area (Å²) in [5.41, 5.74) is 2.40. The molecule has 1 atom stereocenters. The van der Waals surface area contributed by atoms with E-state index in [1.54, 1.807) is 0 Å². The van der Waals surface area contributed by atoms with Crippen molar-refractivity contribution in [3.8, 4) is 0 Å². The molecule has 0 saturated carbocycles. The van der Waals surface area contributed by atoms with Crippen molar-refractivity contribution in [3.63, 3.8) is 0 Å². The van der Waals surface area contributed by atoms with E-state index >= 15 is 0 Å². The molecular formula is C15H24ClN. The summed E-state index contributed by atoms with van der Waals surface area (Å²) in [5.74, 6) is 0.768. The molecule has 1 nitrogen and oxygen atoms in total. The Bertz CT molecular complexity index is 345. The summed E-state index contributed by atoms with van der Waals surface area (Å²) in [4.78, 5) is 0. The fourth-order valence-electron chi connectivity index (χ4n) is 2.29. The lowest BCUT2D eigenvalue weighted by atomic mass is 9.90. The van der Waals surface area contributed by atoms with Crippen molar-refractivity contribution in [2.45, 2.75) is 46.1 Å². The molecule has 0 aliphatic carbocycles. The molecule has 0 fully saturated rings. The summed E-state index contributed by atoms with van der Waals surface area (Å²) in [6.45, 7) is 6.59. The van der Waals surface area contributed by atoms with E-state index in [0.29, 0.717) is 6.04 Å². The van der Waals surface area contributed by atoms with Gasteiger partial charge in [0.2, 0.25) is 0 Å². The van der Waals surface area contributed by atoms with Crippen molar-refractivity contribution in [1.29, 1.82) is 0 Å². The standard InChI is InChI=1S/C15H24ClN/c1-5-12(6-2)10-14(17-4)13-9-7-8-11(3)15(13)16/h7-9,12,14,17H,5-6,10H2,1-4H3. The maximum atomic E-state index is 6.40. The van der Waals surface area contributed by atoms with Crippen molar-refractivity contribution < 1.29 is 0 Å². The molecule has 1 aromatic rings. The lowest BCUT2D eigenvalue weighted by molar-refractivity contribution is 0.385.